The molecule has 8 atom stereocenters. The summed E-state index contributed by atoms with van der Waals surface area (Å²) in [5.74, 6) is 5.51. The highest BCUT2D eigenvalue weighted by atomic mass is 14.7. The zero-order valence-corrected chi connectivity index (χ0v) is 22.2. The first kappa shape index (κ1) is 26.0. The number of fused-ring (bicyclic) bond motifs is 5. The maximum atomic E-state index is 4.85. The van der Waals surface area contributed by atoms with Crippen molar-refractivity contribution >= 4 is 0 Å². The third kappa shape index (κ3) is 4.20. The summed E-state index contributed by atoms with van der Waals surface area (Å²) in [6, 6.07) is 0. The van der Waals surface area contributed by atoms with Crippen molar-refractivity contribution in [1.82, 2.24) is 0 Å². The van der Waals surface area contributed by atoms with E-state index in [9.17, 15) is 0 Å². The minimum absolute atomic E-state index is 0.619. The Kier molecular flexibility index (Phi) is 9.57. The molecule has 0 saturated heterocycles. The SMILES string of the molecule is C=C1C2C3CCC(CCCC)C3(C)CCC2C2(C)CCCCC2[C@H]1CC.CC.CC. The molecule has 4 aliphatic carbocycles. The molecule has 0 spiro atoms. The molecule has 0 aliphatic heterocycles. The highest BCUT2D eigenvalue weighted by Crippen LogP contribution is 2.70. The molecule has 0 bridgehead atoms. The Morgan fingerprint density at radius 3 is 2.10 bits per heavy atom. The standard InChI is InChI=1S/C26H44.2C2H6/c1-6-8-11-19-13-14-22-24-18(3)20(7-2)21-12-9-10-16-26(21,5)23(24)15-17-25(19,22)4;2*1-2/h19-24H,3,6-17H2,1-2,4-5H3;2*1-2H3/t19?,20-,21?,22?,23?,24?,25?,26?;;/m0../s1. The minimum atomic E-state index is 0.619. The van der Waals surface area contributed by atoms with Gasteiger partial charge in [-0.1, -0.05) is 93.2 Å². The van der Waals surface area contributed by atoms with Gasteiger partial charge < -0.3 is 0 Å². The van der Waals surface area contributed by atoms with Crippen molar-refractivity contribution < 1.29 is 0 Å². The molecule has 4 rings (SSSR count). The van der Waals surface area contributed by atoms with Gasteiger partial charge in [-0.25, -0.2) is 0 Å². The molecule has 4 aliphatic rings. The molecule has 7 unspecified atom stereocenters. The number of rotatable bonds is 4. The average molecular weight is 417 g/mol. The topological polar surface area (TPSA) is 0 Å². The number of hydrogen-bond acceptors (Lipinski definition) is 0. The van der Waals surface area contributed by atoms with Gasteiger partial charge in [0.05, 0.1) is 0 Å². The second kappa shape index (κ2) is 11.0. The van der Waals surface area contributed by atoms with E-state index < -0.39 is 0 Å². The van der Waals surface area contributed by atoms with E-state index in [1.807, 2.05) is 27.7 Å². The zero-order chi connectivity index (χ0) is 22.5. The molecular weight excluding hydrogens is 360 g/mol. The van der Waals surface area contributed by atoms with Crippen LogP contribution < -0.4 is 0 Å². The summed E-state index contributed by atoms with van der Waals surface area (Å²) in [6.07, 6.45) is 17.6. The minimum Gasteiger partial charge on any atom is -0.0993 e. The van der Waals surface area contributed by atoms with Gasteiger partial charge in [0.1, 0.15) is 0 Å². The number of allylic oxidation sites excluding steroid dienone is 1. The van der Waals surface area contributed by atoms with Crippen LogP contribution in [0.3, 0.4) is 0 Å². The van der Waals surface area contributed by atoms with Crippen molar-refractivity contribution in [2.45, 2.75) is 132 Å². The maximum absolute atomic E-state index is 4.85. The fourth-order valence-electron chi connectivity index (χ4n) is 8.99. The summed E-state index contributed by atoms with van der Waals surface area (Å²) >= 11 is 0. The van der Waals surface area contributed by atoms with E-state index in [4.69, 9.17) is 6.58 Å². The molecule has 0 aromatic rings. The van der Waals surface area contributed by atoms with Gasteiger partial charge in [0.15, 0.2) is 0 Å². The van der Waals surface area contributed by atoms with Crippen LogP contribution in [0, 0.1) is 46.3 Å². The molecule has 30 heavy (non-hydrogen) atoms. The first-order chi connectivity index (χ1) is 14.5. The lowest BCUT2D eigenvalue weighted by molar-refractivity contribution is -0.105. The molecule has 0 radical (unpaired) electrons. The summed E-state index contributed by atoms with van der Waals surface area (Å²) in [5, 5.41) is 0. The lowest BCUT2D eigenvalue weighted by Gasteiger charge is -2.63. The van der Waals surface area contributed by atoms with Crippen molar-refractivity contribution in [2.75, 3.05) is 0 Å². The van der Waals surface area contributed by atoms with Crippen LogP contribution in [0.1, 0.15) is 132 Å². The smallest absolute Gasteiger partial charge is 0.0136 e. The van der Waals surface area contributed by atoms with Crippen molar-refractivity contribution in [3.05, 3.63) is 12.2 Å². The van der Waals surface area contributed by atoms with Crippen LogP contribution in [-0.4, -0.2) is 0 Å². The lowest BCUT2D eigenvalue weighted by atomic mass is 9.41. The summed E-state index contributed by atoms with van der Waals surface area (Å²) in [5.41, 5.74) is 2.96. The summed E-state index contributed by atoms with van der Waals surface area (Å²) < 4.78 is 0. The number of unbranched alkanes of at least 4 members (excludes halogenated alkanes) is 1. The van der Waals surface area contributed by atoms with E-state index in [0.29, 0.717) is 10.8 Å². The van der Waals surface area contributed by atoms with E-state index in [1.54, 1.807) is 5.57 Å². The summed E-state index contributed by atoms with van der Waals surface area (Å²) in [4.78, 5) is 0. The highest BCUT2D eigenvalue weighted by molar-refractivity contribution is 5.23. The first-order valence-electron chi connectivity index (χ1n) is 14.2. The Morgan fingerprint density at radius 1 is 0.800 bits per heavy atom. The van der Waals surface area contributed by atoms with E-state index in [0.717, 1.165) is 35.5 Å². The van der Waals surface area contributed by atoms with Crippen molar-refractivity contribution in [3.8, 4) is 0 Å². The Morgan fingerprint density at radius 2 is 1.47 bits per heavy atom. The van der Waals surface area contributed by atoms with Crippen LogP contribution in [0.15, 0.2) is 12.2 Å². The molecule has 4 fully saturated rings. The Hall–Kier alpha value is -0.260. The van der Waals surface area contributed by atoms with E-state index >= 15 is 0 Å². The third-order valence-corrected chi connectivity index (χ3v) is 10.4. The van der Waals surface area contributed by atoms with E-state index in [2.05, 4.69) is 27.7 Å². The van der Waals surface area contributed by atoms with Gasteiger partial charge in [0.2, 0.25) is 0 Å². The van der Waals surface area contributed by atoms with Crippen molar-refractivity contribution in [2.24, 2.45) is 46.3 Å². The molecule has 0 heteroatoms. The fraction of sp³-hybridized carbons (Fsp3) is 0.933. The average Bonchev–Trinajstić information content (AvgIpc) is 3.11. The molecule has 0 nitrogen and oxygen atoms in total. The molecular formula is C30H56. The van der Waals surface area contributed by atoms with Crippen LogP contribution in [-0.2, 0) is 0 Å². The van der Waals surface area contributed by atoms with Gasteiger partial charge in [-0.05, 0) is 97.7 Å². The Balaban J connectivity index is 0.000000757. The second-order valence-electron chi connectivity index (χ2n) is 11.1. The molecule has 0 aromatic carbocycles. The van der Waals surface area contributed by atoms with Crippen LogP contribution >= 0.6 is 0 Å². The van der Waals surface area contributed by atoms with Crippen LogP contribution in [0.5, 0.6) is 0 Å². The first-order valence-corrected chi connectivity index (χ1v) is 14.2. The quantitative estimate of drug-likeness (QED) is 0.400. The molecule has 0 amide bonds. The molecule has 4 saturated carbocycles. The van der Waals surface area contributed by atoms with Gasteiger partial charge in [0.25, 0.3) is 0 Å². The normalized spacial score (nSPS) is 44.5. The van der Waals surface area contributed by atoms with Crippen molar-refractivity contribution in [1.29, 1.82) is 0 Å². The van der Waals surface area contributed by atoms with Gasteiger partial charge in [0, 0.05) is 0 Å². The largest absolute Gasteiger partial charge is 0.0993 e. The second-order valence-corrected chi connectivity index (χ2v) is 11.1. The maximum Gasteiger partial charge on any atom is -0.0136 e. The van der Waals surface area contributed by atoms with Gasteiger partial charge in [-0.2, -0.15) is 0 Å². The highest BCUT2D eigenvalue weighted by Gasteiger charge is 2.62. The van der Waals surface area contributed by atoms with E-state index in [1.165, 1.54) is 77.0 Å². The van der Waals surface area contributed by atoms with Gasteiger partial charge >= 0.3 is 0 Å². The van der Waals surface area contributed by atoms with Crippen LogP contribution in [0.25, 0.3) is 0 Å². The fourth-order valence-corrected chi connectivity index (χ4v) is 8.99. The van der Waals surface area contributed by atoms with Crippen LogP contribution in [0.2, 0.25) is 0 Å². The zero-order valence-electron chi connectivity index (χ0n) is 22.2. The predicted octanol–water partition coefficient (Wildman–Crippen LogP) is 10.1. The third-order valence-electron chi connectivity index (χ3n) is 10.4. The summed E-state index contributed by atoms with van der Waals surface area (Å²) in [6.45, 7) is 23.1. The number of hydrogen-bond donors (Lipinski definition) is 0. The van der Waals surface area contributed by atoms with E-state index in [-0.39, 0.29) is 0 Å². The Bertz CT molecular complexity index is 532. The lowest BCUT2D eigenvalue weighted by Crippen LogP contribution is -2.56. The predicted molar refractivity (Wildman–Crippen MR) is 136 cm³/mol. The summed E-state index contributed by atoms with van der Waals surface area (Å²) in [7, 11) is 0. The molecule has 0 aromatic heterocycles. The molecule has 0 N–H and O–H groups in total. The monoisotopic (exact) mass is 416 g/mol. The molecule has 0 heterocycles. The Labute approximate surface area is 191 Å². The van der Waals surface area contributed by atoms with Crippen LogP contribution in [0.4, 0.5) is 0 Å². The van der Waals surface area contributed by atoms with Crippen molar-refractivity contribution in [3.63, 3.8) is 0 Å². The molecule has 176 valence electrons. The van der Waals surface area contributed by atoms with Gasteiger partial charge in [-0.15, -0.1) is 0 Å². The van der Waals surface area contributed by atoms with Gasteiger partial charge in [-0.3, -0.25) is 0 Å².